The average Bonchev–Trinajstić information content (AvgIpc) is 2.01. The third kappa shape index (κ3) is 2.50. The Bertz CT molecular complexity index is 131. The van der Waals surface area contributed by atoms with Crippen molar-refractivity contribution in [2.45, 2.75) is 38.9 Å². The number of rotatable bonds is 3. The van der Waals surface area contributed by atoms with Crippen LogP contribution < -0.4 is 0 Å². The van der Waals surface area contributed by atoms with E-state index in [2.05, 4.69) is 47.1 Å². The predicted molar refractivity (Wildman–Crippen MR) is 50.7 cm³/mol. The van der Waals surface area contributed by atoms with Gasteiger partial charge in [-0.2, -0.15) is 0 Å². The van der Waals surface area contributed by atoms with Gasteiger partial charge in [-0.3, -0.25) is 0 Å². The molecule has 0 saturated carbocycles. The molecule has 0 aliphatic heterocycles. The summed E-state index contributed by atoms with van der Waals surface area (Å²) in [5.74, 6) is 0. The van der Waals surface area contributed by atoms with E-state index >= 15 is 0 Å². The van der Waals surface area contributed by atoms with E-state index in [1.807, 2.05) is 0 Å². The summed E-state index contributed by atoms with van der Waals surface area (Å²) in [7, 11) is -1.11. The Morgan fingerprint density at radius 2 is 1.50 bits per heavy atom. The van der Waals surface area contributed by atoms with Crippen LogP contribution >= 0.6 is 0 Å². The summed E-state index contributed by atoms with van der Waals surface area (Å²) in [5, 5.41) is 0. The van der Waals surface area contributed by atoms with Crippen molar-refractivity contribution in [3.8, 4) is 10.4 Å². The molecule has 0 heterocycles. The van der Waals surface area contributed by atoms with Gasteiger partial charge in [-0.25, -0.2) is 0 Å². The fourth-order valence-electron chi connectivity index (χ4n) is 1.12. The van der Waals surface area contributed by atoms with E-state index < -0.39 is 8.07 Å². The van der Waals surface area contributed by atoms with Gasteiger partial charge < -0.3 is 0 Å². The first-order chi connectivity index (χ1) is 4.74. The number of hydrogen-bond acceptors (Lipinski definition) is 0. The van der Waals surface area contributed by atoms with Crippen LogP contribution in [0, 0.1) is 10.4 Å². The Labute approximate surface area is 73.6 Å². The Hall–Kier alpha value is 0.296. The first kappa shape index (κ1) is 10.3. The molecule has 1 radical (unpaired) electrons. The van der Waals surface area contributed by atoms with Gasteiger partial charge in [-0.1, -0.05) is 0 Å². The standard InChI is InChI=1S/C8H15SeSi/c1-4-10(5-2,6-3)8-7-9/h4-6H2,1-3H3. The molecular formula is C8H15SeSi. The molecule has 0 saturated heterocycles. The maximum atomic E-state index is 3.38. The summed E-state index contributed by atoms with van der Waals surface area (Å²) >= 11 is 2.77. The van der Waals surface area contributed by atoms with Crippen molar-refractivity contribution in [3.05, 3.63) is 0 Å². The molecule has 0 fully saturated rings. The normalized spacial score (nSPS) is 10.3. The molecule has 0 aromatic carbocycles. The zero-order valence-corrected chi connectivity index (χ0v) is 9.74. The van der Waals surface area contributed by atoms with Gasteiger partial charge in [0.25, 0.3) is 0 Å². The van der Waals surface area contributed by atoms with Crippen LogP contribution in [0.2, 0.25) is 18.1 Å². The second kappa shape index (κ2) is 5.01. The quantitative estimate of drug-likeness (QED) is 0.503. The first-order valence-corrected chi connectivity index (χ1v) is 7.36. The molecule has 0 bridgehead atoms. The zero-order valence-electron chi connectivity index (χ0n) is 7.03. The van der Waals surface area contributed by atoms with Crippen LogP contribution in [-0.2, 0) is 0 Å². The third-order valence-electron chi connectivity index (χ3n) is 2.35. The Morgan fingerprint density at radius 1 is 1.10 bits per heavy atom. The summed E-state index contributed by atoms with van der Waals surface area (Å²) in [6.07, 6.45) is 0. The van der Waals surface area contributed by atoms with Crippen LogP contribution in [0.4, 0.5) is 0 Å². The van der Waals surface area contributed by atoms with Gasteiger partial charge in [0.1, 0.15) is 0 Å². The van der Waals surface area contributed by atoms with Crippen molar-refractivity contribution >= 4 is 24.1 Å². The van der Waals surface area contributed by atoms with E-state index in [-0.39, 0.29) is 0 Å². The predicted octanol–water partition coefficient (Wildman–Crippen LogP) is 2.16. The fourth-order valence-corrected chi connectivity index (χ4v) is 4.73. The third-order valence-corrected chi connectivity index (χ3v) is 7.68. The van der Waals surface area contributed by atoms with Gasteiger partial charge >= 0.3 is 73.4 Å². The van der Waals surface area contributed by atoms with Crippen molar-refractivity contribution in [2.24, 2.45) is 0 Å². The van der Waals surface area contributed by atoms with Crippen LogP contribution in [0.1, 0.15) is 20.8 Å². The van der Waals surface area contributed by atoms with Crippen LogP contribution in [-0.4, -0.2) is 24.1 Å². The van der Waals surface area contributed by atoms with E-state index in [1.165, 1.54) is 18.1 Å². The van der Waals surface area contributed by atoms with Gasteiger partial charge in [0.15, 0.2) is 0 Å². The Balaban J connectivity index is 4.25. The molecule has 0 atom stereocenters. The van der Waals surface area contributed by atoms with Crippen molar-refractivity contribution in [3.63, 3.8) is 0 Å². The second-order valence-corrected chi connectivity index (χ2v) is 7.93. The van der Waals surface area contributed by atoms with E-state index in [4.69, 9.17) is 0 Å². The summed E-state index contributed by atoms with van der Waals surface area (Å²) in [4.78, 5) is 2.95. The molecule has 0 aliphatic rings. The Kier molecular flexibility index (Phi) is 5.16. The minimum absolute atomic E-state index is 1.11. The van der Waals surface area contributed by atoms with Gasteiger partial charge in [0.2, 0.25) is 0 Å². The van der Waals surface area contributed by atoms with E-state index in [1.54, 1.807) is 0 Å². The van der Waals surface area contributed by atoms with Crippen LogP contribution in [0.3, 0.4) is 0 Å². The van der Waals surface area contributed by atoms with Gasteiger partial charge in [-0.05, 0) is 0 Å². The molecule has 0 rings (SSSR count). The SMILES string of the molecule is CC[Si](C#C[Se])(CC)CC. The summed E-state index contributed by atoms with van der Waals surface area (Å²) < 4.78 is 0. The maximum absolute atomic E-state index is 3.38. The molecular weight excluding hydrogens is 203 g/mol. The summed E-state index contributed by atoms with van der Waals surface area (Å²) in [6.45, 7) is 6.80. The summed E-state index contributed by atoms with van der Waals surface area (Å²) in [6, 6.07) is 3.90. The molecule has 0 aliphatic carbocycles. The molecule has 57 valence electrons. The zero-order chi connectivity index (χ0) is 8.04. The first-order valence-electron chi connectivity index (χ1n) is 3.89. The monoisotopic (exact) mass is 219 g/mol. The minimum atomic E-state index is -1.11. The topological polar surface area (TPSA) is 0 Å². The van der Waals surface area contributed by atoms with Crippen molar-refractivity contribution in [2.75, 3.05) is 0 Å². The molecule has 0 spiro atoms. The fraction of sp³-hybridized carbons (Fsp3) is 0.750. The number of hydrogen-bond donors (Lipinski definition) is 0. The molecule has 0 aromatic rings. The van der Waals surface area contributed by atoms with E-state index in [0.29, 0.717) is 0 Å². The van der Waals surface area contributed by atoms with Crippen LogP contribution in [0.5, 0.6) is 0 Å². The van der Waals surface area contributed by atoms with Crippen molar-refractivity contribution in [1.82, 2.24) is 0 Å². The molecule has 0 nitrogen and oxygen atoms in total. The van der Waals surface area contributed by atoms with E-state index in [0.717, 1.165) is 0 Å². The molecule has 0 N–H and O–H groups in total. The Morgan fingerprint density at radius 3 is 1.60 bits per heavy atom. The van der Waals surface area contributed by atoms with Crippen molar-refractivity contribution in [1.29, 1.82) is 0 Å². The molecule has 0 aromatic heterocycles. The molecule has 10 heavy (non-hydrogen) atoms. The van der Waals surface area contributed by atoms with Gasteiger partial charge in [0.05, 0.1) is 0 Å². The summed E-state index contributed by atoms with van der Waals surface area (Å²) in [5.41, 5.74) is 3.38. The molecule has 0 unspecified atom stereocenters. The van der Waals surface area contributed by atoms with Crippen LogP contribution in [0.25, 0.3) is 0 Å². The van der Waals surface area contributed by atoms with E-state index in [9.17, 15) is 0 Å². The second-order valence-electron chi connectivity index (χ2n) is 2.57. The van der Waals surface area contributed by atoms with Gasteiger partial charge in [-0.15, -0.1) is 0 Å². The van der Waals surface area contributed by atoms with Gasteiger partial charge in [0, 0.05) is 0 Å². The van der Waals surface area contributed by atoms with Crippen LogP contribution in [0.15, 0.2) is 0 Å². The molecule has 2 heteroatoms. The molecule has 0 amide bonds. The average molecular weight is 218 g/mol. The van der Waals surface area contributed by atoms with Crippen molar-refractivity contribution < 1.29 is 0 Å².